The van der Waals surface area contributed by atoms with Crippen molar-refractivity contribution in [3.05, 3.63) is 46.9 Å². The van der Waals surface area contributed by atoms with Crippen LogP contribution < -0.4 is 10.1 Å². The number of thioether (sulfide) groups is 2. The van der Waals surface area contributed by atoms with Gasteiger partial charge in [-0.2, -0.15) is 0 Å². The molecule has 1 N–H and O–H groups in total. The summed E-state index contributed by atoms with van der Waals surface area (Å²) in [5.41, 5.74) is 2.97. The summed E-state index contributed by atoms with van der Waals surface area (Å²) in [6.45, 7) is 2.02. The summed E-state index contributed by atoms with van der Waals surface area (Å²) >= 11 is 4.02. The molecule has 0 saturated carbocycles. The van der Waals surface area contributed by atoms with Gasteiger partial charge in [0.05, 0.1) is 11.2 Å². The second-order valence-corrected chi connectivity index (χ2v) is 9.39. The largest absolute Gasteiger partial charge is 0.497 e. The lowest BCUT2D eigenvalue weighted by atomic mass is 9.94. The third-order valence-electron chi connectivity index (χ3n) is 4.80. The van der Waals surface area contributed by atoms with Crippen molar-refractivity contribution in [2.24, 2.45) is 0 Å². The Morgan fingerprint density at radius 2 is 2.12 bits per heavy atom. The third kappa shape index (κ3) is 2.95. The molecule has 2 aliphatic rings. The number of carbonyl (C=O) groups excluding carboxylic acids is 1. The van der Waals surface area contributed by atoms with Gasteiger partial charge in [0.15, 0.2) is 5.76 Å². The molecule has 1 fully saturated rings. The van der Waals surface area contributed by atoms with E-state index in [9.17, 15) is 4.79 Å². The van der Waals surface area contributed by atoms with Gasteiger partial charge in [-0.15, -0.1) is 23.5 Å². The lowest BCUT2D eigenvalue weighted by Crippen LogP contribution is -2.21. The van der Waals surface area contributed by atoms with Crippen LogP contribution in [0, 0.1) is 6.92 Å². The number of benzene rings is 1. The molecule has 4 nitrogen and oxygen atoms in total. The highest BCUT2D eigenvalue weighted by atomic mass is 32.2. The Bertz CT molecular complexity index is 809. The lowest BCUT2D eigenvalue weighted by molar-refractivity contribution is 0.0994. The quantitative estimate of drug-likeness (QED) is 0.834. The molecule has 2 aromatic rings. The molecule has 0 radical (unpaired) electrons. The number of methoxy groups -OCH3 is 1. The molecular weight excluding hydrogens is 354 g/mol. The van der Waals surface area contributed by atoms with E-state index in [0.717, 1.165) is 30.6 Å². The van der Waals surface area contributed by atoms with Gasteiger partial charge < -0.3 is 14.5 Å². The van der Waals surface area contributed by atoms with Gasteiger partial charge in [0.1, 0.15) is 11.5 Å². The fraction of sp³-hybridized carbons (Fsp3) is 0.421. The molecule has 132 valence electrons. The fourth-order valence-electron chi connectivity index (χ4n) is 3.70. The maximum absolute atomic E-state index is 12.8. The van der Waals surface area contributed by atoms with E-state index in [1.165, 1.54) is 17.1 Å². The number of fused-ring (bicyclic) bond motifs is 2. The van der Waals surface area contributed by atoms with Gasteiger partial charge in [0.2, 0.25) is 0 Å². The van der Waals surface area contributed by atoms with E-state index >= 15 is 0 Å². The summed E-state index contributed by atoms with van der Waals surface area (Å²) < 4.78 is 11.4. The number of amides is 1. The number of anilines is 1. The molecule has 0 unspecified atom stereocenters. The highest BCUT2D eigenvalue weighted by Crippen LogP contribution is 2.59. The minimum absolute atomic E-state index is 0.0929. The summed E-state index contributed by atoms with van der Waals surface area (Å²) in [6.07, 6.45) is 3.20. The lowest BCUT2D eigenvalue weighted by Gasteiger charge is -2.31. The van der Waals surface area contributed by atoms with Crippen molar-refractivity contribution >= 4 is 35.1 Å². The SMILES string of the molecule is COc1cccc(NC(=O)c2oc3c(c2C)C2(CCC3)SCCS2)c1. The summed E-state index contributed by atoms with van der Waals surface area (Å²) in [5.74, 6) is 4.30. The van der Waals surface area contributed by atoms with Crippen molar-refractivity contribution in [2.75, 3.05) is 23.9 Å². The zero-order valence-electron chi connectivity index (χ0n) is 14.4. The van der Waals surface area contributed by atoms with Crippen molar-refractivity contribution in [1.29, 1.82) is 0 Å². The number of nitrogens with one attached hydrogen (secondary N) is 1. The van der Waals surface area contributed by atoms with Gasteiger partial charge in [0, 0.05) is 40.8 Å². The molecule has 0 atom stereocenters. The number of rotatable bonds is 3. The van der Waals surface area contributed by atoms with E-state index in [0.29, 0.717) is 17.2 Å². The van der Waals surface area contributed by atoms with Gasteiger partial charge in [-0.05, 0) is 31.9 Å². The molecule has 4 rings (SSSR count). The molecule has 1 amide bonds. The minimum atomic E-state index is -0.191. The Hall–Kier alpha value is -1.53. The second-order valence-electron chi connectivity index (χ2n) is 6.34. The second kappa shape index (κ2) is 6.65. The predicted octanol–water partition coefficient (Wildman–Crippen LogP) is 4.82. The van der Waals surface area contributed by atoms with Crippen LogP contribution in [0.15, 0.2) is 28.7 Å². The molecule has 2 heterocycles. The van der Waals surface area contributed by atoms with Gasteiger partial charge in [-0.1, -0.05) is 6.07 Å². The van der Waals surface area contributed by atoms with Gasteiger partial charge >= 0.3 is 0 Å². The van der Waals surface area contributed by atoms with Gasteiger partial charge in [0.25, 0.3) is 5.91 Å². The van der Waals surface area contributed by atoms with E-state index in [2.05, 4.69) is 5.32 Å². The average Bonchev–Trinajstić information content (AvgIpc) is 3.21. The Balaban J connectivity index is 1.65. The van der Waals surface area contributed by atoms with Gasteiger partial charge in [-0.3, -0.25) is 4.79 Å². The normalized spacial score (nSPS) is 18.2. The van der Waals surface area contributed by atoms with Crippen LogP contribution in [0.4, 0.5) is 5.69 Å². The molecule has 1 aromatic heterocycles. The summed E-state index contributed by atoms with van der Waals surface area (Å²) in [7, 11) is 1.61. The third-order valence-corrected chi connectivity index (χ3v) is 8.33. The molecule has 0 bridgehead atoms. The van der Waals surface area contributed by atoms with E-state index < -0.39 is 0 Å². The predicted molar refractivity (Wildman–Crippen MR) is 104 cm³/mol. The van der Waals surface area contributed by atoms with Crippen LogP contribution in [0.3, 0.4) is 0 Å². The number of furan rings is 1. The molecule has 1 aliphatic heterocycles. The first-order valence-electron chi connectivity index (χ1n) is 8.49. The van der Waals surface area contributed by atoms with Crippen LogP contribution >= 0.6 is 23.5 Å². The van der Waals surface area contributed by atoms with Crippen LogP contribution in [-0.2, 0) is 10.5 Å². The van der Waals surface area contributed by atoms with Crippen molar-refractivity contribution in [3.8, 4) is 5.75 Å². The zero-order valence-corrected chi connectivity index (χ0v) is 16.0. The number of hydrogen-bond donors (Lipinski definition) is 1. The minimum Gasteiger partial charge on any atom is -0.497 e. The topological polar surface area (TPSA) is 51.5 Å². The first kappa shape index (κ1) is 16.9. The molecule has 25 heavy (non-hydrogen) atoms. The van der Waals surface area contributed by atoms with Crippen molar-refractivity contribution in [1.82, 2.24) is 0 Å². The Labute approximate surface area is 156 Å². The van der Waals surface area contributed by atoms with E-state index in [1.807, 2.05) is 48.6 Å². The van der Waals surface area contributed by atoms with Gasteiger partial charge in [-0.25, -0.2) is 0 Å². The Morgan fingerprint density at radius 1 is 1.32 bits per heavy atom. The van der Waals surface area contributed by atoms with Crippen LogP contribution in [0.5, 0.6) is 5.75 Å². The van der Waals surface area contributed by atoms with Crippen LogP contribution in [0.2, 0.25) is 0 Å². The van der Waals surface area contributed by atoms with E-state index in [4.69, 9.17) is 9.15 Å². The summed E-state index contributed by atoms with van der Waals surface area (Å²) in [4.78, 5) is 12.8. The first-order chi connectivity index (χ1) is 12.1. The summed E-state index contributed by atoms with van der Waals surface area (Å²) in [5, 5.41) is 2.94. The maximum atomic E-state index is 12.8. The number of hydrogen-bond acceptors (Lipinski definition) is 5. The molecular formula is C19H21NO3S2. The number of aryl methyl sites for hydroxylation is 1. The number of ether oxygens (including phenoxy) is 1. The standard InChI is InChI=1S/C19H21NO3S2/c1-12-16-15(7-4-8-19(16)24-9-10-25-19)23-17(12)18(21)20-13-5-3-6-14(11-13)22-2/h3,5-6,11H,4,7-10H2,1-2H3,(H,20,21). The van der Waals surface area contributed by atoms with Crippen LogP contribution in [-0.4, -0.2) is 24.5 Å². The molecule has 6 heteroatoms. The summed E-state index contributed by atoms with van der Waals surface area (Å²) in [6, 6.07) is 7.36. The highest BCUT2D eigenvalue weighted by Gasteiger charge is 2.45. The molecule has 1 spiro atoms. The smallest absolute Gasteiger partial charge is 0.291 e. The Kier molecular flexibility index (Phi) is 4.50. The number of carbonyl (C=O) groups is 1. The van der Waals surface area contributed by atoms with Crippen molar-refractivity contribution < 1.29 is 13.9 Å². The molecule has 1 aromatic carbocycles. The monoisotopic (exact) mass is 375 g/mol. The zero-order chi connectivity index (χ0) is 17.4. The van der Waals surface area contributed by atoms with Crippen molar-refractivity contribution in [2.45, 2.75) is 30.3 Å². The van der Waals surface area contributed by atoms with Crippen molar-refractivity contribution in [3.63, 3.8) is 0 Å². The van der Waals surface area contributed by atoms with E-state index in [1.54, 1.807) is 13.2 Å². The Morgan fingerprint density at radius 3 is 2.88 bits per heavy atom. The molecule has 1 saturated heterocycles. The highest BCUT2D eigenvalue weighted by molar-refractivity contribution is 8.20. The average molecular weight is 376 g/mol. The van der Waals surface area contributed by atoms with E-state index in [-0.39, 0.29) is 9.99 Å². The maximum Gasteiger partial charge on any atom is 0.291 e. The van der Waals surface area contributed by atoms with Crippen LogP contribution in [0.1, 0.15) is 40.3 Å². The first-order valence-corrected chi connectivity index (χ1v) is 10.5. The molecule has 1 aliphatic carbocycles. The van der Waals surface area contributed by atoms with Crippen LogP contribution in [0.25, 0.3) is 0 Å². The fourth-order valence-corrected chi connectivity index (χ4v) is 7.26.